The van der Waals surface area contributed by atoms with Gasteiger partial charge in [-0.2, -0.15) is 0 Å². The van der Waals surface area contributed by atoms with Crippen molar-refractivity contribution in [3.8, 4) is 0 Å². The second kappa shape index (κ2) is 5.69. The first kappa shape index (κ1) is 14.3. The molecule has 0 radical (unpaired) electrons. The van der Waals surface area contributed by atoms with Crippen molar-refractivity contribution in [3.63, 3.8) is 0 Å². The minimum Gasteiger partial charge on any atom is -0.444 e. The van der Waals surface area contributed by atoms with Crippen molar-refractivity contribution >= 4 is 6.09 Å². The number of hydrogen-bond donors (Lipinski definition) is 2. The van der Waals surface area contributed by atoms with Crippen LogP contribution < -0.4 is 5.32 Å². The number of ether oxygens (including phenoxy) is 2. The molecule has 1 amide bonds. The lowest BCUT2D eigenvalue weighted by Gasteiger charge is -2.24. The van der Waals surface area contributed by atoms with Gasteiger partial charge in [0.25, 0.3) is 0 Å². The molecule has 0 aliphatic carbocycles. The molecule has 3 atom stereocenters. The van der Waals surface area contributed by atoms with E-state index in [2.05, 4.69) is 5.32 Å². The van der Waals surface area contributed by atoms with E-state index >= 15 is 0 Å². The topological polar surface area (TPSA) is 67.8 Å². The number of aliphatic hydroxyl groups excluding tert-OH is 1. The quantitative estimate of drug-likeness (QED) is 0.789. The predicted molar refractivity (Wildman–Crippen MR) is 63.8 cm³/mol. The molecule has 0 unspecified atom stereocenters. The Kier molecular flexibility index (Phi) is 4.77. The van der Waals surface area contributed by atoms with Gasteiger partial charge in [0.05, 0.1) is 24.9 Å². The van der Waals surface area contributed by atoms with Crippen molar-refractivity contribution < 1.29 is 19.4 Å². The number of rotatable bonds is 3. The highest BCUT2D eigenvalue weighted by Gasteiger charge is 2.30. The molecule has 100 valence electrons. The number of carbonyl (C=O) groups is 1. The van der Waals surface area contributed by atoms with E-state index in [-0.39, 0.29) is 24.9 Å². The van der Waals surface area contributed by atoms with Crippen LogP contribution in [0.5, 0.6) is 0 Å². The zero-order valence-electron chi connectivity index (χ0n) is 11.0. The molecule has 1 heterocycles. The zero-order chi connectivity index (χ0) is 13.1. The second-order valence-corrected chi connectivity index (χ2v) is 5.49. The van der Waals surface area contributed by atoms with Crippen LogP contribution in [0.4, 0.5) is 4.79 Å². The summed E-state index contributed by atoms with van der Waals surface area (Å²) in [7, 11) is 0. The standard InChI is InChI=1S/C12H23NO4/c1-8(10-6-5-9(7-14)16-10)13-11(15)17-12(2,3)4/h8-10,14H,5-7H2,1-4H3,(H,13,15)/t8-,9+,10+/m0/s1. The fraction of sp³-hybridized carbons (Fsp3) is 0.917. The number of alkyl carbamates (subject to hydrolysis) is 1. The van der Waals surface area contributed by atoms with Gasteiger partial charge < -0.3 is 19.9 Å². The average Bonchev–Trinajstić information content (AvgIpc) is 2.62. The Morgan fingerprint density at radius 1 is 1.53 bits per heavy atom. The summed E-state index contributed by atoms with van der Waals surface area (Å²) < 4.78 is 10.7. The maximum Gasteiger partial charge on any atom is 0.407 e. The number of carbonyl (C=O) groups excluding carboxylic acids is 1. The van der Waals surface area contributed by atoms with Crippen molar-refractivity contribution in [2.24, 2.45) is 0 Å². The first-order valence-electron chi connectivity index (χ1n) is 6.07. The Balaban J connectivity index is 2.34. The van der Waals surface area contributed by atoms with E-state index in [0.29, 0.717) is 0 Å². The summed E-state index contributed by atoms with van der Waals surface area (Å²) in [5, 5.41) is 11.7. The summed E-state index contributed by atoms with van der Waals surface area (Å²) >= 11 is 0. The lowest BCUT2D eigenvalue weighted by molar-refractivity contribution is -0.00566. The molecule has 1 saturated heterocycles. The smallest absolute Gasteiger partial charge is 0.407 e. The van der Waals surface area contributed by atoms with E-state index in [1.54, 1.807) is 0 Å². The fourth-order valence-corrected chi connectivity index (χ4v) is 1.82. The molecule has 2 N–H and O–H groups in total. The molecule has 5 nitrogen and oxygen atoms in total. The summed E-state index contributed by atoms with van der Waals surface area (Å²) in [6.45, 7) is 7.39. The van der Waals surface area contributed by atoms with Crippen LogP contribution in [-0.2, 0) is 9.47 Å². The third-order valence-electron chi connectivity index (χ3n) is 2.65. The molecule has 0 bridgehead atoms. The number of aliphatic hydroxyl groups is 1. The molecule has 0 aromatic rings. The normalized spacial score (nSPS) is 26.6. The van der Waals surface area contributed by atoms with Crippen molar-refractivity contribution in [2.45, 2.75) is 64.4 Å². The third kappa shape index (κ3) is 4.91. The van der Waals surface area contributed by atoms with Crippen LogP contribution in [0.2, 0.25) is 0 Å². The molecular weight excluding hydrogens is 222 g/mol. The summed E-state index contributed by atoms with van der Waals surface area (Å²) in [4.78, 5) is 11.5. The summed E-state index contributed by atoms with van der Waals surface area (Å²) in [6.07, 6.45) is 1.12. The Morgan fingerprint density at radius 3 is 2.65 bits per heavy atom. The number of hydrogen-bond acceptors (Lipinski definition) is 4. The molecule has 0 saturated carbocycles. The van der Waals surface area contributed by atoms with E-state index in [9.17, 15) is 4.79 Å². The van der Waals surface area contributed by atoms with Crippen LogP contribution in [-0.4, -0.2) is 41.7 Å². The second-order valence-electron chi connectivity index (χ2n) is 5.49. The van der Waals surface area contributed by atoms with E-state index in [1.165, 1.54) is 0 Å². The maximum atomic E-state index is 11.5. The first-order valence-corrected chi connectivity index (χ1v) is 6.07. The lowest BCUT2D eigenvalue weighted by atomic mass is 10.1. The van der Waals surface area contributed by atoms with Gasteiger partial charge in [0.1, 0.15) is 5.60 Å². The molecule has 5 heteroatoms. The molecule has 1 aliphatic heterocycles. The SMILES string of the molecule is C[C@H](NC(=O)OC(C)(C)C)[C@H]1CC[C@H](CO)O1. The molecule has 0 aromatic heterocycles. The van der Waals surface area contributed by atoms with Crippen LogP contribution in [0.25, 0.3) is 0 Å². The van der Waals surface area contributed by atoms with E-state index in [4.69, 9.17) is 14.6 Å². The minimum absolute atomic E-state index is 0.0374. The molecular formula is C12H23NO4. The van der Waals surface area contributed by atoms with Gasteiger partial charge in [-0.15, -0.1) is 0 Å². The molecule has 1 fully saturated rings. The number of amides is 1. The van der Waals surface area contributed by atoms with Crippen molar-refractivity contribution in [1.82, 2.24) is 5.32 Å². The maximum absolute atomic E-state index is 11.5. The van der Waals surface area contributed by atoms with Gasteiger partial charge in [0.2, 0.25) is 0 Å². The lowest BCUT2D eigenvalue weighted by Crippen LogP contribution is -2.43. The molecule has 1 rings (SSSR count). The molecule has 0 spiro atoms. The van der Waals surface area contributed by atoms with Crippen molar-refractivity contribution in [3.05, 3.63) is 0 Å². The van der Waals surface area contributed by atoms with Gasteiger partial charge in [-0.1, -0.05) is 0 Å². The Labute approximate surface area is 102 Å². The minimum atomic E-state index is -0.492. The van der Waals surface area contributed by atoms with Gasteiger partial charge in [0, 0.05) is 0 Å². The van der Waals surface area contributed by atoms with Crippen LogP contribution >= 0.6 is 0 Å². The fourth-order valence-electron chi connectivity index (χ4n) is 1.82. The van der Waals surface area contributed by atoms with Crippen molar-refractivity contribution in [2.75, 3.05) is 6.61 Å². The van der Waals surface area contributed by atoms with Crippen molar-refractivity contribution in [1.29, 1.82) is 0 Å². The van der Waals surface area contributed by atoms with Gasteiger partial charge in [-0.05, 0) is 40.5 Å². The van der Waals surface area contributed by atoms with Crippen LogP contribution in [0, 0.1) is 0 Å². The highest BCUT2D eigenvalue weighted by Crippen LogP contribution is 2.22. The van der Waals surface area contributed by atoms with E-state index in [0.717, 1.165) is 12.8 Å². The Morgan fingerprint density at radius 2 is 2.18 bits per heavy atom. The average molecular weight is 245 g/mol. The molecule has 0 aromatic carbocycles. The van der Waals surface area contributed by atoms with Gasteiger partial charge in [-0.3, -0.25) is 0 Å². The molecule has 1 aliphatic rings. The van der Waals surface area contributed by atoms with E-state index in [1.807, 2.05) is 27.7 Å². The Hall–Kier alpha value is -0.810. The Bertz CT molecular complexity index is 262. The van der Waals surface area contributed by atoms with Crippen LogP contribution in [0.15, 0.2) is 0 Å². The highest BCUT2D eigenvalue weighted by atomic mass is 16.6. The monoisotopic (exact) mass is 245 g/mol. The van der Waals surface area contributed by atoms with Gasteiger partial charge in [-0.25, -0.2) is 4.79 Å². The predicted octanol–water partition coefficient (Wildman–Crippen LogP) is 1.44. The van der Waals surface area contributed by atoms with Gasteiger partial charge >= 0.3 is 6.09 Å². The summed E-state index contributed by atoms with van der Waals surface area (Å²) in [6, 6.07) is -0.110. The van der Waals surface area contributed by atoms with Crippen LogP contribution in [0.1, 0.15) is 40.5 Å². The summed E-state index contributed by atoms with van der Waals surface area (Å²) in [5.41, 5.74) is -0.492. The highest BCUT2D eigenvalue weighted by molar-refractivity contribution is 5.68. The van der Waals surface area contributed by atoms with Crippen LogP contribution in [0.3, 0.4) is 0 Å². The largest absolute Gasteiger partial charge is 0.444 e. The first-order chi connectivity index (χ1) is 7.81. The zero-order valence-corrected chi connectivity index (χ0v) is 11.0. The van der Waals surface area contributed by atoms with E-state index < -0.39 is 11.7 Å². The third-order valence-corrected chi connectivity index (χ3v) is 2.65. The summed E-state index contributed by atoms with van der Waals surface area (Å²) in [5.74, 6) is 0. The molecule has 17 heavy (non-hydrogen) atoms. The number of nitrogens with one attached hydrogen (secondary N) is 1. The van der Waals surface area contributed by atoms with Gasteiger partial charge in [0.15, 0.2) is 0 Å².